The molecule has 4 aromatic heterocycles. The highest BCUT2D eigenvalue weighted by Gasteiger charge is 2.20. The topological polar surface area (TPSA) is 192 Å². The number of nitrogens with zero attached hydrogens (tertiary/aromatic N) is 10. The van der Waals surface area contributed by atoms with E-state index in [-0.39, 0.29) is 5.91 Å². The molecule has 17 nitrogen and oxygen atoms in total. The van der Waals surface area contributed by atoms with E-state index in [4.69, 9.17) is 22.2 Å². The van der Waals surface area contributed by atoms with Crippen LogP contribution in [0.1, 0.15) is 46.2 Å². The Morgan fingerprint density at radius 2 is 1.73 bits per heavy atom. The van der Waals surface area contributed by atoms with Crippen LogP contribution in [-0.4, -0.2) is 99.0 Å². The molecule has 1 aliphatic heterocycles. The number of aromatic nitrogens is 7. The minimum absolute atomic E-state index is 0.257. The fourth-order valence-electron chi connectivity index (χ4n) is 6.95. The number of nitrogens with two attached hydrogens (primary N) is 1. The number of thiazole rings is 1. The lowest BCUT2D eigenvalue weighted by atomic mass is 10.2. The summed E-state index contributed by atoms with van der Waals surface area (Å²) in [5, 5.41) is 16.2. The number of fused-ring (bicyclic) bond motifs is 1. The first kappa shape index (κ1) is 49.5. The van der Waals surface area contributed by atoms with Crippen molar-refractivity contribution in [3.05, 3.63) is 112 Å². The molecule has 20 heteroatoms. The SMILES string of the molecule is CC.COCCN1CCN(c2cc(Nc3ncc(C(=O)Nc4c(C)cccc4Cl)s3)nc(C)n2)CC1.Cc1ccc(Nc2nccc(N(C)c3ccc4c(C)n(C)nc4c3)n2)cc1SNN. The van der Waals surface area contributed by atoms with E-state index in [9.17, 15) is 4.79 Å². The zero-order chi connectivity index (χ0) is 47.3. The fourth-order valence-corrected chi connectivity index (χ4v) is 8.48. The molecule has 0 saturated carbocycles. The number of rotatable bonds is 14. The average molecular weight is 953 g/mol. The van der Waals surface area contributed by atoms with Crippen molar-refractivity contribution >= 4 is 97.3 Å². The van der Waals surface area contributed by atoms with E-state index < -0.39 is 0 Å². The van der Waals surface area contributed by atoms with Gasteiger partial charge >= 0.3 is 0 Å². The van der Waals surface area contributed by atoms with Gasteiger partial charge < -0.3 is 30.5 Å². The lowest BCUT2D eigenvalue weighted by molar-refractivity contribution is 0.103. The van der Waals surface area contributed by atoms with Gasteiger partial charge in [0.15, 0.2) is 5.13 Å². The summed E-state index contributed by atoms with van der Waals surface area (Å²) in [5.41, 5.74) is 6.65. The van der Waals surface area contributed by atoms with Gasteiger partial charge in [-0.2, -0.15) is 14.9 Å². The van der Waals surface area contributed by atoms with Crippen LogP contribution in [0, 0.1) is 27.7 Å². The lowest BCUT2D eigenvalue weighted by Gasteiger charge is -2.35. The van der Waals surface area contributed by atoms with Crippen LogP contribution in [0.5, 0.6) is 0 Å². The summed E-state index contributed by atoms with van der Waals surface area (Å²) in [6.45, 7) is 17.3. The largest absolute Gasteiger partial charge is 0.383 e. The Labute approximate surface area is 399 Å². The van der Waals surface area contributed by atoms with Crippen molar-refractivity contribution in [2.75, 3.05) is 79.2 Å². The van der Waals surface area contributed by atoms with Gasteiger partial charge in [-0.3, -0.25) is 20.2 Å². The Hall–Kier alpha value is -5.93. The molecular formula is C46H58ClN15O2S2. The molecule has 8 rings (SSSR count). The van der Waals surface area contributed by atoms with Gasteiger partial charge in [0.05, 0.1) is 29.0 Å². The van der Waals surface area contributed by atoms with Crippen LogP contribution in [0.15, 0.2) is 84.0 Å². The number of benzene rings is 3. The van der Waals surface area contributed by atoms with Gasteiger partial charge in [-0.25, -0.2) is 19.9 Å². The number of ether oxygens (including phenoxy) is 1. The van der Waals surface area contributed by atoms with Crippen LogP contribution < -0.4 is 36.4 Å². The monoisotopic (exact) mass is 951 g/mol. The molecule has 5 heterocycles. The van der Waals surface area contributed by atoms with Crippen LogP contribution in [-0.2, 0) is 11.8 Å². The zero-order valence-corrected chi connectivity index (χ0v) is 41.2. The molecule has 6 N–H and O–H groups in total. The molecule has 7 aromatic rings. The van der Waals surface area contributed by atoms with E-state index in [0.29, 0.717) is 38.3 Å². The van der Waals surface area contributed by atoms with E-state index in [1.54, 1.807) is 25.6 Å². The van der Waals surface area contributed by atoms with E-state index in [2.05, 4.69) is 85.7 Å². The maximum atomic E-state index is 12.7. The number of piperazine rings is 1. The van der Waals surface area contributed by atoms with Crippen molar-refractivity contribution in [3.63, 3.8) is 0 Å². The van der Waals surface area contributed by atoms with Crippen molar-refractivity contribution in [1.82, 2.24) is 44.4 Å². The molecule has 0 unspecified atom stereocenters. The number of anilines is 8. The predicted molar refractivity (Wildman–Crippen MR) is 271 cm³/mol. The first-order chi connectivity index (χ1) is 31.9. The highest BCUT2D eigenvalue weighted by Crippen LogP contribution is 2.31. The van der Waals surface area contributed by atoms with E-state index in [1.165, 1.54) is 23.3 Å². The highest BCUT2D eigenvalue weighted by atomic mass is 35.5. The third-order valence-electron chi connectivity index (χ3n) is 10.7. The molecule has 0 spiro atoms. The maximum Gasteiger partial charge on any atom is 0.267 e. The third kappa shape index (κ3) is 12.7. The van der Waals surface area contributed by atoms with Crippen LogP contribution in [0.3, 0.4) is 0 Å². The average Bonchev–Trinajstić information content (AvgIpc) is 3.91. The molecule has 1 aliphatic rings. The molecule has 1 fully saturated rings. The molecule has 0 aliphatic carbocycles. The van der Waals surface area contributed by atoms with Gasteiger partial charge in [0, 0.05) is 93.5 Å². The molecule has 0 atom stereocenters. The first-order valence-corrected chi connectivity index (χ1v) is 23.5. The third-order valence-corrected chi connectivity index (χ3v) is 12.7. The number of carbonyl (C=O) groups is 1. The number of aryl methyl sites for hydroxylation is 5. The van der Waals surface area contributed by atoms with Gasteiger partial charge in [0.2, 0.25) is 5.95 Å². The zero-order valence-electron chi connectivity index (χ0n) is 38.8. The smallest absolute Gasteiger partial charge is 0.267 e. The number of hydrogen-bond donors (Lipinski definition) is 5. The number of carbonyl (C=O) groups excluding carboxylic acids is 1. The molecular weight excluding hydrogens is 894 g/mol. The van der Waals surface area contributed by atoms with Gasteiger partial charge in [0.1, 0.15) is 28.2 Å². The Balaban J connectivity index is 0.000000212. The number of halogens is 1. The Morgan fingerprint density at radius 1 is 0.939 bits per heavy atom. The summed E-state index contributed by atoms with van der Waals surface area (Å²) in [7, 11) is 5.67. The van der Waals surface area contributed by atoms with Gasteiger partial charge in [0.25, 0.3) is 5.91 Å². The quantitative estimate of drug-likeness (QED) is 0.0394. The molecule has 3 aromatic carbocycles. The summed E-state index contributed by atoms with van der Waals surface area (Å²) >= 11 is 8.85. The number of methoxy groups -OCH3 is 1. The summed E-state index contributed by atoms with van der Waals surface area (Å²) in [6, 6.07) is 21.6. The molecule has 0 bridgehead atoms. The Kier molecular flexibility index (Phi) is 17.6. The van der Waals surface area contributed by atoms with Gasteiger partial charge in [-0.15, -0.1) is 0 Å². The van der Waals surface area contributed by atoms with E-state index in [1.807, 2.05) is 101 Å². The van der Waals surface area contributed by atoms with Crippen LogP contribution in [0.4, 0.5) is 45.6 Å². The Morgan fingerprint density at radius 3 is 2.47 bits per heavy atom. The number of amides is 1. The lowest BCUT2D eigenvalue weighted by Crippen LogP contribution is -2.47. The number of para-hydroxylation sites is 1. The van der Waals surface area contributed by atoms with Crippen molar-refractivity contribution < 1.29 is 9.53 Å². The van der Waals surface area contributed by atoms with Crippen LogP contribution in [0.2, 0.25) is 5.02 Å². The molecule has 348 valence electrons. The molecule has 0 radical (unpaired) electrons. The molecule has 66 heavy (non-hydrogen) atoms. The molecule has 1 amide bonds. The van der Waals surface area contributed by atoms with Gasteiger partial charge in [-0.1, -0.05) is 55.0 Å². The van der Waals surface area contributed by atoms with Crippen LogP contribution in [0.25, 0.3) is 10.9 Å². The normalized spacial score (nSPS) is 12.5. The van der Waals surface area contributed by atoms with E-state index >= 15 is 0 Å². The summed E-state index contributed by atoms with van der Waals surface area (Å²) in [5.74, 6) is 8.69. The summed E-state index contributed by atoms with van der Waals surface area (Å²) in [4.78, 5) is 46.0. The minimum atomic E-state index is -0.257. The standard InChI is InChI=1S/C23H28ClN7O2S.C21H24N8S.C2H6/c1-15-5-4-6-17(24)21(15)29-22(32)18-14-25-23(34-18)28-19-13-20(27-16(2)26-19)31-9-7-30(8-10-31)11-12-33-3;1-13-5-6-15(11-19(13)30-27-22)24-21-23-10-9-20(25-21)28(3)16-7-8-17-14(2)29(4)26-18(17)12-16;1-2/h4-6,13-14H,7-12H2,1-3H3,(H,29,32)(H,25,26,27,28);5-12,27H,22H2,1-4H3,(H,23,24,25);1-2H3. The number of nitrogens with one attached hydrogen (secondary N) is 4. The summed E-state index contributed by atoms with van der Waals surface area (Å²) in [6.07, 6.45) is 3.29. The van der Waals surface area contributed by atoms with Crippen molar-refractivity contribution in [1.29, 1.82) is 0 Å². The second-order valence-corrected chi connectivity index (χ2v) is 17.4. The number of hydrogen-bond acceptors (Lipinski definition) is 17. The Bertz CT molecular complexity index is 2700. The van der Waals surface area contributed by atoms with E-state index in [0.717, 1.165) is 95.0 Å². The maximum absolute atomic E-state index is 12.7. The second-order valence-electron chi connectivity index (χ2n) is 15.1. The first-order valence-electron chi connectivity index (χ1n) is 21.5. The van der Waals surface area contributed by atoms with Crippen molar-refractivity contribution in [2.24, 2.45) is 12.9 Å². The van der Waals surface area contributed by atoms with Crippen molar-refractivity contribution in [3.8, 4) is 0 Å². The predicted octanol–water partition coefficient (Wildman–Crippen LogP) is 8.96. The van der Waals surface area contributed by atoms with Crippen molar-refractivity contribution in [2.45, 2.75) is 46.4 Å². The molecule has 1 saturated heterocycles. The summed E-state index contributed by atoms with van der Waals surface area (Å²) < 4.78 is 7.08. The second kappa shape index (κ2) is 23.5. The highest BCUT2D eigenvalue weighted by molar-refractivity contribution is 7.97. The van der Waals surface area contributed by atoms with Crippen LogP contribution >= 0.6 is 34.9 Å². The fraction of sp³-hybridized carbons (Fsp3) is 0.326. The minimum Gasteiger partial charge on any atom is -0.383 e. The van der Waals surface area contributed by atoms with Gasteiger partial charge in [-0.05, 0) is 93.2 Å². The number of hydrazine groups is 1.